The molecule has 0 saturated carbocycles. The summed E-state index contributed by atoms with van der Waals surface area (Å²) < 4.78 is 48.8. The van der Waals surface area contributed by atoms with Crippen LogP contribution < -0.4 is 9.47 Å². The number of carbonyl (C=O) groups is 1. The van der Waals surface area contributed by atoms with Crippen LogP contribution in [-0.2, 0) is 6.18 Å². The van der Waals surface area contributed by atoms with Crippen molar-refractivity contribution in [2.24, 2.45) is 0 Å². The Kier molecular flexibility index (Phi) is 7.50. The molecule has 0 saturated heterocycles. The summed E-state index contributed by atoms with van der Waals surface area (Å²) in [5, 5.41) is 0. The maximum Gasteiger partial charge on any atom is 0.416 e. The van der Waals surface area contributed by atoms with Gasteiger partial charge >= 0.3 is 12.3 Å². The minimum Gasteiger partial charge on any atom is -0.494 e. The first kappa shape index (κ1) is 22.5. The van der Waals surface area contributed by atoms with Gasteiger partial charge in [-0.25, -0.2) is 4.79 Å². The van der Waals surface area contributed by atoms with Crippen LogP contribution in [0.25, 0.3) is 0 Å². The molecule has 0 aliphatic rings. The molecule has 2 aromatic rings. The van der Waals surface area contributed by atoms with Gasteiger partial charge in [0, 0.05) is 26.6 Å². The first-order valence-corrected chi connectivity index (χ1v) is 9.03. The number of alkyl halides is 3. The van der Waals surface area contributed by atoms with Crippen LogP contribution in [0.5, 0.6) is 11.5 Å². The lowest BCUT2D eigenvalue weighted by Crippen LogP contribution is -2.25. The van der Waals surface area contributed by atoms with E-state index in [4.69, 9.17) is 9.47 Å². The molecule has 1 atom stereocenters. The van der Waals surface area contributed by atoms with E-state index in [1.54, 1.807) is 32.3 Å². The number of halogens is 3. The zero-order valence-electron chi connectivity index (χ0n) is 16.9. The zero-order chi connectivity index (χ0) is 21.6. The molecule has 1 unspecified atom stereocenters. The zero-order valence-corrected chi connectivity index (χ0v) is 16.9. The van der Waals surface area contributed by atoms with E-state index in [0.717, 1.165) is 17.7 Å². The molecule has 0 spiro atoms. The van der Waals surface area contributed by atoms with E-state index in [9.17, 15) is 18.0 Å². The number of nitrogens with zero attached hydrogens (tertiary/aromatic N) is 2. The Bertz CT molecular complexity index is 806. The Hall–Kier alpha value is -2.74. The van der Waals surface area contributed by atoms with Gasteiger partial charge in [-0.05, 0) is 56.1 Å². The first-order valence-electron chi connectivity index (χ1n) is 9.03. The molecule has 0 bridgehead atoms. The maximum absolute atomic E-state index is 12.6. The van der Waals surface area contributed by atoms with Crippen LogP contribution in [0.4, 0.5) is 18.0 Å². The summed E-state index contributed by atoms with van der Waals surface area (Å²) in [6, 6.07) is 11.8. The number of hydrogen-bond acceptors (Lipinski definition) is 4. The van der Waals surface area contributed by atoms with E-state index < -0.39 is 17.8 Å². The molecule has 29 heavy (non-hydrogen) atoms. The number of hydrogen-bond donors (Lipinski definition) is 0. The Morgan fingerprint density at radius 1 is 1.00 bits per heavy atom. The minimum atomic E-state index is -4.37. The van der Waals surface area contributed by atoms with Crippen molar-refractivity contribution in [3.63, 3.8) is 0 Å². The van der Waals surface area contributed by atoms with Crippen LogP contribution in [-0.4, -0.2) is 50.7 Å². The third-order valence-electron chi connectivity index (χ3n) is 4.28. The van der Waals surface area contributed by atoms with E-state index >= 15 is 0 Å². The average Bonchev–Trinajstić information content (AvgIpc) is 2.64. The smallest absolute Gasteiger partial charge is 0.416 e. The topological polar surface area (TPSA) is 42.0 Å². The molecular formula is C21H25F3N2O3. The number of benzene rings is 2. The van der Waals surface area contributed by atoms with Crippen LogP contribution in [0.1, 0.15) is 23.6 Å². The molecule has 1 amide bonds. The van der Waals surface area contributed by atoms with Crippen molar-refractivity contribution < 1.29 is 27.4 Å². The Balaban J connectivity index is 2.01. The lowest BCUT2D eigenvalue weighted by Gasteiger charge is -2.25. The molecule has 2 aromatic carbocycles. The summed E-state index contributed by atoms with van der Waals surface area (Å²) in [6.07, 6.45) is -4.23. The van der Waals surface area contributed by atoms with Gasteiger partial charge in [0.05, 0.1) is 12.2 Å². The van der Waals surface area contributed by atoms with E-state index in [1.807, 2.05) is 25.1 Å². The van der Waals surface area contributed by atoms with Gasteiger partial charge in [-0.1, -0.05) is 12.1 Å². The van der Waals surface area contributed by atoms with Crippen molar-refractivity contribution in [2.45, 2.75) is 18.6 Å². The third-order valence-corrected chi connectivity index (χ3v) is 4.28. The summed E-state index contributed by atoms with van der Waals surface area (Å²) in [5.74, 6) is 0.820. The lowest BCUT2D eigenvalue weighted by molar-refractivity contribution is -0.137. The summed E-state index contributed by atoms with van der Waals surface area (Å²) >= 11 is 0. The van der Waals surface area contributed by atoms with Crippen LogP contribution in [0.15, 0.2) is 48.5 Å². The Morgan fingerprint density at radius 2 is 1.66 bits per heavy atom. The molecule has 0 radical (unpaired) electrons. The number of ether oxygens (including phenoxy) is 2. The minimum absolute atomic E-state index is 0.0255. The SMILES string of the molecule is CN(C)C(=O)Oc1cccc(C(CCOc2ccc(C(F)(F)F)cc2)N(C)C)c1. The highest BCUT2D eigenvalue weighted by Crippen LogP contribution is 2.31. The molecule has 5 nitrogen and oxygen atoms in total. The molecular weight excluding hydrogens is 385 g/mol. The van der Waals surface area contributed by atoms with E-state index in [2.05, 4.69) is 0 Å². The van der Waals surface area contributed by atoms with Crippen LogP contribution >= 0.6 is 0 Å². The summed E-state index contributed by atoms with van der Waals surface area (Å²) in [5.41, 5.74) is 0.232. The predicted molar refractivity (Wildman–Crippen MR) is 104 cm³/mol. The molecule has 0 heterocycles. The third kappa shape index (κ3) is 6.67. The molecule has 2 rings (SSSR count). The second-order valence-electron chi connectivity index (χ2n) is 6.97. The molecule has 0 aliphatic carbocycles. The van der Waals surface area contributed by atoms with Crippen LogP contribution in [0.2, 0.25) is 0 Å². The summed E-state index contributed by atoms with van der Waals surface area (Å²) in [6.45, 7) is 0.315. The molecule has 0 fully saturated rings. The Labute approximate surface area is 168 Å². The first-order chi connectivity index (χ1) is 13.6. The fourth-order valence-electron chi connectivity index (χ4n) is 2.73. The van der Waals surface area contributed by atoms with Gasteiger partial charge in [0.15, 0.2) is 0 Å². The van der Waals surface area contributed by atoms with Crippen molar-refractivity contribution in [1.82, 2.24) is 9.80 Å². The van der Waals surface area contributed by atoms with Gasteiger partial charge < -0.3 is 19.3 Å². The summed E-state index contributed by atoms with van der Waals surface area (Å²) in [4.78, 5) is 15.1. The van der Waals surface area contributed by atoms with Gasteiger partial charge in [0.2, 0.25) is 0 Å². The van der Waals surface area contributed by atoms with Crippen LogP contribution in [0.3, 0.4) is 0 Å². The van der Waals surface area contributed by atoms with Gasteiger partial charge in [0.25, 0.3) is 0 Å². The highest BCUT2D eigenvalue weighted by Gasteiger charge is 2.30. The fourth-order valence-corrected chi connectivity index (χ4v) is 2.73. The number of rotatable bonds is 7. The molecule has 158 valence electrons. The van der Waals surface area contributed by atoms with E-state index in [0.29, 0.717) is 24.5 Å². The largest absolute Gasteiger partial charge is 0.494 e. The molecule has 0 aliphatic heterocycles. The monoisotopic (exact) mass is 410 g/mol. The van der Waals surface area contributed by atoms with E-state index in [1.165, 1.54) is 17.0 Å². The van der Waals surface area contributed by atoms with Crippen molar-refractivity contribution >= 4 is 6.09 Å². The lowest BCUT2D eigenvalue weighted by atomic mass is 10.0. The number of carbonyl (C=O) groups excluding carboxylic acids is 1. The summed E-state index contributed by atoms with van der Waals surface area (Å²) in [7, 11) is 7.05. The highest BCUT2D eigenvalue weighted by molar-refractivity contribution is 5.70. The van der Waals surface area contributed by atoms with Gasteiger partial charge in [-0.15, -0.1) is 0 Å². The van der Waals surface area contributed by atoms with Crippen LogP contribution in [0, 0.1) is 0 Å². The Morgan fingerprint density at radius 3 is 2.21 bits per heavy atom. The second kappa shape index (κ2) is 9.65. The predicted octanol–water partition coefficient (Wildman–Crippen LogP) is 4.84. The highest BCUT2D eigenvalue weighted by atomic mass is 19.4. The average molecular weight is 410 g/mol. The van der Waals surface area contributed by atoms with Crippen molar-refractivity contribution in [3.8, 4) is 11.5 Å². The normalized spacial score (nSPS) is 12.6. The molecule has 0 aromatic heterocycles. The van der Waals surface area contributed by atoms with Gasteiger partial charge in [0.1, 0.15) is 11.5 Å². The van der Waals surface area contributed by atoms with Gasteiger partial charge in [-0.2, -0.15) is 13.2 Å². The fraction of sp³-hybridized carbons (Fsp3) is 0.381. The van der Waals surface area contributed by atoms with E-state index in [-0.39, 0.29) is 6.04 Å². The quantitative estimate of drug-likeness (QED) is 0.655. The number of amides is 1. The van der Waals surface area contributed by atoms with Crippen molar-refractivity contribution in [3.05, 3.63) is 59.7 Å². The van der Waals surface area contributed by atoms with Crippen molar-refractivity contribution in [1.29, 1.82) is 0 Å². The molecule has 8 heteroatoms. The van der Waals surface area contributed by atoms with Crippen molar-refractivity contribution in [2.75, 3.05) is 34.8 Å². The maximum atomic E-state index is 12.6. The standard InChI is InChI=1S/C21H25F3N2O3/c1-25(2)19(15-6-5-7-18(14-15)29-20(27)26(3)4)12-13-28-17-10-8-16(9-11-17)21(22,23)24/h5-11,14,19H,12-13H2,1-4H3. The second-order valence-corrected chi connectivity index (χ2v) is 6.97. The molecule has 0 N–H and O–H groups in total. The van der Waals surface area contributed by atoms with Gasteiger partial charge in [-0.3, -0.25) is 0 Å².